The summed E-state index contributed by atoms with van der Waals surface area (Å²) in [5.74, 6) is -1.54. The van der Waals surface area contributed by atoms with Crippen molar-refractivity contribution in [2.24, 2.45) is 17.8 Å². The van der Waals surface area contributed by atoms with Crippen LogP contribution >= 0.6 is 15.9 Å². The van der Waals surface area contributed by atoms with Gasteiger partial charge in [-0.15, -0.1) is 0 Å². The zero-order chi connectivity index (χ0) is 25.7. The number of benzene rings is 1. The molecule has 5 aliphatic rings. The second-order valence-corrected chi connectivity index (χ2v) is 12.5. The number of hydrogen-bond donors (Lipinski definition) is 2. The van der Waals surface area contributed by atoms with Crippen LogP contribution in [0.4, 0.5) is 5.69 Å². The van der Waals surface area contributed by atoms with Crippen molar-refractivity contribution in [3.8, 4) is 0 Å². The normalized spacial score (nSPS) is 37.0. The van der Waals surface area contributed by atoms with Crippen LogP contribution in [0.15, 0.2) is 40.9 Å². The van der Waals surface area contributed by atoms with Gasteiger partial charge in [0.1, 0.15) is 11.6 Å². The lowest BCUT2D eigenvalue weighted by atomic mass is 9.74. The van der Waals surface area contributed by atoms with Crippen LogP contribution in [0.25, 0.3) is 0 Å². The summed E-state index contributed by atoms with van der Waals surface area (Å²) >= 11 is 3.42. The van der Waals surface area contributed by atoms with Crippen molar-refractivity contribution in [2.75, 3.05) is 5.32 Å². The van der Waals surface area contributed by atoms with Crippen molar-refractivity contribution >= 4 is 39.3 Å². The lowest BCUT2D eigenvalue weighted by Crippen LogP contribution is -2.59. The molecule has 2 saturated carbocycles. The highest BCUT2D eigenvalue weighted by Gasteiger charge is 2.73. The summed E-state index contributed by atoms with van der Waals surface area (Å²) < 4.78 is 7.44. The molecular weight excluding hydrogens is 534 g/mol. The van der Waals surface area contributed by atoms with Gasteiger partial charge in [0, 0.05) is 22.2 Å². The highest BCUT2D eigenvalue weighted by molar-refractivity contribution is 9.10. The van der Waals surface area contributed by atoms with Gasteiger partial charge < -0.3 is 20.3 Å². The first-order valence-electron chi connectivity index (χ1n) is 14.0. The van der Waals surface area contributed by atoms with Crippen LogP contribution in [-0.2, 0) is 19.1 Å². The Labute approximate surface area is 226 Å². The molecular formula is C29H36BrN3O4. The smallest absolute Gasteiger partial charge is 0.246 e. The monoisotopic (exact) mass is 569 g/mol. The Morgan fingerprint density at radius 2 is 1.70 bits per heavy atom. The number of carbonyl (C=O) groups is 3. The average Bonchev–Trinajstić information content (AvgIpc) is 3.54. The van der Waals surface area contributed by atoms with Crippen LogP contribution in [0.1, 0.15) is 64.7 Å². The molecule has 1 aromatic carbocycles. The molecule has 0 radical (unpaired) electrons. The molecule has 4 fully saturated rings. The SMILES string of the molecule is C[C@@H]1CCCC[C@@H]1N1C(=O)[C@H]2[C@H](C(=O)Nc3ccc(Br)cc3)[C@H]3C=C[C@@]2(O3)[C@H]1C(=O)NC1CCCCC1. The number of ether oxygens (including phenoxy) is 1. The first kappa shape index (κ1) is 25.1. The Morgan fingerprint density at radius 1 is 1.00 bits per heavy atom. The average molecular weight is 571 g/mol. The summed E-state index contributed by atoms with van der Waals surface area (Å²) in [4.78, 5) is 43.8. The van der Waals surface area contributed by atoms with Gasteiger partial charge in [0.25, 0.3) is 0 Å². The van der Waals surface area contributed by atoms with Crippen LogP contribution in [-0.4, -0.2) is 52.5 Å². The maximum absolute atomic E-state index is 14.3. The van der Waals surface area contributed by atoms with Gasteiger partial charge in [0.15, 0.2) is 0 Å². The fraction of sp³-hybridized carbons (Fsp3) is 0.621. The van der Waals surface area contributed by atoms with Gasteiger partial charge in [-0.1, -0.05) is 67.1 Å². The van der Waals surface area contributed by atoms with E-state index in [9.17, 15) is 14.4 Å². The zero-order valence-electron chi connectivity index (χ0n) is 21.3. The minimum Gasteiger partial charge on any atom is -0.359 e. The molecule has 3 aliphatic heterocycles. The third kappa shape index (κ3) is 4.24. The zero-order valence-corrected chi connectivity index (χ0v) is 22.9. The predicted molar refractivity (Wildman–Crippen MR) is 144 cm³/mol. The summed E-state index contributed by atoms with van der Waals surface area (Å²) in [5, 5.41) is 6.29. The number of carbonyl (C=O) groups excluding carboxylic acids is 3. The Balaban J connectivity index is 1.33. The number of anilines is 1. The molecule has 3 amide bonds. The Hall–Kier alpha value is -2.19. The molecule has 7 atom stereocenters. The molecule has 8 heteroatoms. The molecule has 37 heavy (non-hydrogen) atoms. The first-order chi connectivity index (χ1) is 17.9. The van der Waals surface area contributed by atoms with E-state index in [4.69, 9.17) is 4.74 Å². The fourth-order valence-corrected chi connectivity index (χ4v) is 7.82. The molecule has 3 heterocycles. The van der Waals surface area contributed by atoms with Crippen molar-refractivity contribution in [2.45, 2.75) is 94.5 Å². The van der Waals surface area contributed by atoms with Gasteiger partial charge in [0.05, 0.1) is 17.9 Å². The molecule has 1 spiro atoms. The van der Waals surface area contributed by atoms with E-state index in [1.807, 2.05) is 41.3 Å². The Kier molecular flexibility index (Phi) is 6.68. The maximum Gasteiger partial charge on any atom is 0.246 e. The van der Waals surface area contributed by atoms with Gasteiger partial charge >= 0.3 is 0 Å². The molecule has 1 aromatic rings. The summed E-state index contributed by atoms with van der Waals surface area (Å²) in [6, 6.07) is 6.76. The lowest BCUT2D eigenvalue weighted by molar-refractivity contribution is -0.146. The van der Waals surface area contributed by atoms with Crippen LogP contribution in [0.3, 0.4) is 0 Å². The van der Waals surface area contributed by atoms with E-state index in [-0.39, 0.29) is 29.8 Å². The standard InChI is InChI=1S/C29H36BrN3O4/c1-17-7-5-6-10-21(17)33-25(27(35)32-19-8-3-2-4-9-19)29-16-15-22(37-29)23(24(29)28(33)36)26(34)31-20-13-11-18(30)12-14-20/h11-17,19,21-25H,2-10H2,1H3,(H,31,34)(H,32,35)/t17-,21+,22-,23-,24-,25-,29+/m1/s1. The number of nitrogens with one attached hydrogen (secondary N) is 2. The molecule has 6 rings (SSSR count). The van der Waals surface area contributed by atoms with Crippen LogP contribution < -0.4 is 10.6 Å². The number of rotatable bonds is 5. The summed E-state index contributed by atoms with van der Waals surface area (Å²) in [6.45, 7) is 2.19. The number of amides is 3. The van der Waals surface area contributed by atoms with E-state index in [2.05, 4.69) is 33.5 Å². The molecule has 7 nitrogen and oxygen atoms in total. The van der Waals surface area contributed by atoms with E-state index in [1.54, 1.807) is 0 Å². The Bertz CT molecular complexity index is 1100. The summed E-state index contributed by atoms with van der Waals surface area (Å²) in [7, 11) is 0. The van der Waals surface area contributed by atoms with Gasteiger partial charge in [-0.25, -0.2) is 0 Å². The molecule has 2 saturated heterocycles. The van der Waals surface area contributed by atoms with Crippen molar-refractivity contribution in [3.63, 3.8) is 0 Å². The summed E-state index contributed by atoms with van der Waals surface area (Å²) in [6.07, 6.45) is 12.8. The van der Waals surface area contributed by atoms with Crippen LogP contribution in [0.2, 0.25) is 0 Å². The molecule has 2 aliphatic carbocycles. The van der Waals surface area contributed by atoms with E-state index in [0.29, 0.717) is 11.6 Å². The lowest BCUT2D eigenvalue weighted by Gasteiger charge is -2.42. The van der Waals surface area contributed by atoms with E-state index < -0.39 is 29.6 Å². The third-order valence-corrected chi connectivity index (χ3v) is 9.88. The highest BCUT2D eigenvalue weighted by Crippen LogP contribution is 2.56. The van der Waals surface area contributed by atoms with E-state index in [0.717, 1.165) is 55.8 Å². The maximum atomic E-state index is 14.3. The minimum absolute atomic E-state index is 0.0189. The van der Waals surface area contributed by atoms with E-state index in [1.165, 1.54) is 6.42 Å². The van der Waals surface area contributed by atoms with Crippen LogP contribution in [0, 0.1) is 17.8 Å². The molecule has 2 N–H and O–H groups in total. The van der Waals surface area contributed by atoms with Crippen molar-refractivity contribution in [1.82, 2.24) is 10.2 Å². The molecule has 0 unspecified atom stereocenters. The fourth-order valence-electron chi connectivity index (χ4n) is 7.56. The largest absolute Gasteiger partial charge is 0.359 e. The Morgan fingerprint density at radius 3 is 2.43 bits per heavy atom. The third-order valence-electron chi connectivity index (χ3n) is 9.35. The summed E-state index contributed by atoms with van der Waals surface area (Å²) in [5.41, 5.74) is -0.428. The predicted octanol–water partition coefficient (Wildman–Crippen LogP) is 4.57. The second kappa shape index (κ2) is 9.84. The quantitative estimate of drug-likeness (QED) is 0.508. The number of nitrogens with zero attached hydrogens (tertiary/aromatic N) is 1. The van der Waals surface area contributed by atoms with Gasteiger partial charge in [-0.2, -0.15) is 0 Å². The number of halogens is 1. The van der Waals surface area contributed by atoms with Crippen molar-refractivity contribution in [3.05, 3.63) is 40.9 Å². The van der Waals surface area contributed by atoms with Gasteiger partial charge in [0.2, 0.25) is 17.7 Å². The molecule has 0 aromatic heterocycles. The highest BCUT2D eigenvalue weighted by atomic mass is 79.9. The molecule has 2 bridgehead atoms. The van der Waals surface area contributed by atoms with E-state index >= 15 is 0 Å². The van der Waals surface area contributed by atoms with Crippen molar-refractivity contribution < 1.29 is 19.1 Å². The second-order valence-electron chi connectivity index (χ2n) is 11.6. The number of likely N-dealkylation sites (tertiary alicyclic amines) is 1. The first-order valence-corrected chi connectivity index (χ1v) is 14.7. The van der Waals surface area contributed by atoms with Gasteiger partial charge in [-0.3, -0.25) is 14.4 Å². The minimum atomic E-state index is -1.10. The topological polar surface area (TPSA) is 87.7 Å². The number of fused-ring (bicyclic) bond motifs is 1. The number of hydrogen-bond acceptors (Lipinski definition) is 4. The molecule has 198 valence electrons. The van der Waals surface area contributed by atoms with Crippen molar-refractivity contribution in [1.29, 1.82) is 0 Å². The van der Waals surface area contributed by atoms with Gasteiger partial charge in [-0.05, 0) is 55.9 Å². The van der Waals surface area contributed by atoms with Crippen LogP contribution in [0.5, 0.6) is 0 Å².